The molecule has 0 spiro atoms. The van der Waals surface area contributed by atoms with E-state index in [2.05, 4.69) is 10.3 Å². The number of nitrogens with one attached hydrogen (secondary N) is 1. The fraction of sp³-hybridized carbons (Fsp3) is 0.174. The Morgan fingerprint density at radius 3 is 1.94 bits per heavy atom. The number of fused-ring (bicyclic) bond motifs is 1. The van der Waals surface area contributed by atoms with Crippen molar-refractivity contribution in [2.75, 3.05) is 6.54 Å². The van der Waals surface area contributed by atoms with Crippen molar-refractivity contribution in [3.05, 3.63) is 76.0 Å². The van der Waals surface area contributed by atoms with Crippen LogP contribution in [0.5, 0.6) is 0 Å². The Bertz CT molecular complexity index is 1080. The summed E-state index contributed by atoms with van der Waals surface area (Å²) in [5.74, 6) is -4.49. The summed E-state index contributed by atoms with van der Waals surface area (Å²) in [5, 5.41) is 46.2. The number of nitrogens with zero attached hydrogens (tertiary/aromatic N) is 1. The average molecular weight is 520 g/mol. The van der Waals surface area contributed by atoms with E-state index < -0.39 is 23.9 Å². The number of aliphatic hydroxyl groups is 1. The van der Waals surface area contributed by atoms with Crippen molar-refractivity contribution < 1.29 is 44.7 Å². The number of carboxylic acid groups (broad SMARTS) is 4. The van der Waals surface area contributed by atoms with Crippen molar-refractivity contribution in [1.82, 2.24) is 5.32 Å². The molecule has 0 bridgehead atoms. The maximum Gasteiger partial charge on any atom is 0.328 e. The van der Waals surface area contributed by atoms with Gasteiger partial charge in [-0.3, -0.25) is 0 Å². The highest BCUT2D eigenvalue weighted by molar-refractivity contribution is 7.12. The van der Waals surface area contributed by atoms with Crippen LogP contribution in [0.15, 0.2) is 65.0 Å². The van der Waals surface area contributed by atoms with Crippen LogP contribution in [0.1, 0.15) is 16.0 Å². The Labute approximate surface area is 209 Å². The SMILES string of the molecule is NC(=Nc1ccc2c(c1)CNCC(O)C2)c1cccs1.O=C(O)/C=C/C(=O)O.O=C(O)/C=C/C(=O)O. The van der Waals surface area contributed by atoms with Crippen LogP contribution in [-0.2, 0) is 32.1 Å². The van der Waals surface area contributed by atoms with Gasteiger partial charge in [-0.25, -0.2) is 24.2 Å². The topological polar surface area (TPSA) is 220 Å². The summed E-state index contributed by atoms with van der Waals surface area (Å²) in [6, 6.07) is 9.96. The summed E-state index contributed by atoms with van der Waals surface area (Å²) in [4.78, 5) is 43.7. The van der Waals surface area contributed by atoms with Crippen LogP contribution >= 0.6 is 11.3 Å². The lowest BCUT2D eigenvalue weighted by atomic mass is 10.0. The quantitative estimate of drug-likeness (QED) is 0.163. The molecular formula is C23H25N3O9S. The second-order valence-electron chi connectivity index (χ2n) is 6.94. The maximum atomic E-state index is 9.77. The Morgan fingerprint density at radius 2 is 1.47 bits per heavy atom. The molecule has 2 aromatic rings. The van der Waals surface area contributed by atoms with E-state index in [0.29, 0.717) is 43.1 Å². The fourth-order valence-electron chi connectivity index (χ4n) is 2.65. The van der Waals surface area contributed by atoms with Gasteiger partial charge in [-0.15, -0.1) is 11.3 Å². The van der Waals surface area contributed by atoms with E-state index >= 15 is 0 Å². The van der Waals surface area contributed by atoms with Crippen molar-refractivity contribution in [1.29, 1.82) is 0 Å². The number of nitrogens with two attached hydrogens (primary N) is 1. The van der Waals surface area contributed by atoms with Crippen LogP contribution in [-0.4, -0.2) is 67.9 Å². The summed E-state index contributed by atoms with van der Waals surface area (Å²) in [6.07, 6.45) is 2.60. The van der Waals surface area contributed by atoms with Gasteiger partial charge in [0, 0.05) is 37.4 Å². The monoisotopic (exact) mass is 519 g/mol. The largest absolute Gasteiger partial charge is 0.478 e. The van der Waals surface area contributed by atoms with Gasteiger partial charge >= 0.3 is 23.9 Å². The minimum atomic E-state index is -1.26. The van der Waals surface area contributed by atoms with Crippen molar-refractivity contribution in [3.8, 4) is 0 Å². The molecule has 1 aromatic heterocycles. The number of carboxylic acids is 4. The molecule has 0 saturated heterocycles. The van der Waals surface area contributed by atoms with Crippen LogP contribution in [0.25, 0.3) is 0 Å². The molecule has 13 heteroatoms. The molecule has 0 amide bonds. The van der Waals surface area contributed by atoms with Gasteiger partial charge in [-0.2, -0.15) is 0 Å². The van der Waals surface area contributed by atoms with Crippen LogP contribution in [0, 0.1) is 0 Å². The highest BCUT2D eigenvalue weighted by Gasteiger charge is 2.14. The first-order valence-corrected chi connectivity index (χ1v) is 11.0. The predicted octanol–water partition coefficient (Wildman–Crippen LogP) is 1.22. The summed E-state index contributed by atoms with van der Waals surface area (Å²) in [5.41, 5.74) is 9.22. The molecule has 0 radical (unpaired) electrons. The fourth-order valence-corrected chi connectivity index (χ4v) is 3.28. The number of hydrogen-bond acceptors (Lipinski definition) is 8. The molecule has 36 heavy (non-hydrogen) atoms. The molecule has 0 saturated carbocycles. The maximum absolute atomic E-state index is 9.77. The molecule has 1 aliphatic heterocycles. The normalized spacial score (nSPS) is 15.0. The van der Waals surface area contributed by atoms with Crippen LogP contribution in [0.4, 0.5) is 5.69 Å². The van der Waals surface area contributed by atoms with Gasteiger partial charge < -0.3 is 36.6 Å². The number of hydrogen-bond donors (Lipinski definition) is 7. The molecule has 12 nitrogen and oxygen atoms in total. The molecule has 1 aromatic carbocycles. The van der Waals surface area contributed by atoms with Gasteiger partial charge in [-0.1, -0.05) is 12.1 Å². The number of aliphatic carboxylic acids is 4. The number of aliphatic imine (C=N–C) groups is 1. The number of carbonyl (C=O) groups is 4. The van der Waals surface area contributed by atoms with Gasteiger partial charge in [-0.05, 0) is 41.1 Å². The van der Waals surface area contributed by atoms with Gasteiger partial charge in [0.25, 0.3) is 0 Å². The molecule has 0 aliphatic carbocycles. The molecule has 8 N–H and O–H groups in total. The van der Waals surface area contributed by atoms with Gasteiger partial charge in [0.15, 0.2) is 0 Å². The van der Waals surface area contributed by atoms with Crippen LogP contribution in [0.3, 0.4) is 0 Å². The zero-order valence-electron chi connectivity index (χ0n) is 18.8. The summed E-state index contributed by atoms with van der Waals surface area (Å²) in [7, 11) is 0. The number of amidine groups is 1. The zero-order chi connectivity index (χ0) is 27.1. The van der Waals surface area contributed by atoms with E-state index in [0.717, 1.165) is 17.1 Å². The second kappa shape index (κ2) is 15.5. The standard InChI is InChI=1S/C15H17N3OS.2C4H4O4/c16-15(14-2-1-5-20-14)18-12-4-3-10-7-13(19)9-17-8-11(10)6-12;2*5-3(6)1-2-4(7)8/h1-6,13,17,19H,7-9H2,(H2,16,18);2*1-2H,(H,5,6)(H,7,8)/b;2*2-1+. The first kappa shape index (κ1) is 29.7. The Morgan fingerprint density at radius 1 is 0.917 bits per heavy atom. The van der Waals surface area contributed by atoms with Crippen molar-refractivity contribution >= 4 is 46.7 Å². The smallest absolute Gasteiger partial charge is 0.328 e. The van der Waals surface area contributed by atoms with E-state index in [1.165, 1.54) is 11.1 Å². The van der Waals surface area contributed by atoms with Gasteiger partial charge in [0.2, 0.25) is 0 Å². The second-order valence-corrected chi connectivity index (χ2v) is 7.88. The third-order valence-electron chi connectivity index (χ3n) is 4.10. The third-order valence-corrected chi connectivity index (χ3v) is 4.99. The highest BCUT2D eigenvalue weighted by atomic mass is 32.1. The number of thiophene rings is 1. The Kier molecular flexibility index (Phi) is 12.8. The number of benzene rings is 1. The molecular weight excluding hydrogens is 494 g/mol. The Hall–Kier alpha value is -4.33. The molecule has 1 unspecified atom stereocenters. The average Bonchev–Trinajstić information content (AvgIpc) is 3.27. The molecule has 0 fully saturated rings. The lowest BCUT2D eigenvalue weighted by Crippen LogP contribution is -2.24. The lowest BCUT2D eigenvalue weighted by molar-refractivity contribution is -0.134. The number of aliphatic hydroxyl groups excluding tert-OH is 1. The van der Waals surface area contributed by atoms with Crippen molar-refractivity contribution in [3.63, 3.8) is 0 Å². The van der Waals surface area contributed by atoms with E-state index in [1.54, 1.807) is 11.3 Å². The van der Waals surface area contributed by atoms with Gasteiger partial charge in [0.1, 0.15) is 5.84 Å². The third kappa shape index (κ3) is 12.8. The minimum absolute atomic E-state index is 0.318. The molecule has 3 rings (SSSR count). The molecule has 192 valence electrons. The summed E-state index contributed by atoms with van der Waals surface area (Å²) in [6.45, 7) is 1.39. The summed E-state index contributed by atoms with van der Waals surface area (Å²) < 4.78 is 0. The van der Waals surface area contributed by atoms with E-state index in [4.69, 9.17) is 26.2 Å². The van der Waals surface area contributed by atoms with Crippen LogP contribution < -0.4 is 11.1 Å². The molecule has 1 aliphatic rings. The number of rotatable bonds is 6. The van der Waals surface area contributed by atoms with Crippen LogP contribution in [0.2, 0.25) is 0 Å². The lowest BCUT2D eigenvalue weighted by Gasteiger charge is -2.08. The first-order chi connectivity index (χ1) is 17.0. The molecule has 2 heterocycles. The Balaban J connectivity index is 0.000000337. The van der Waals surface area contributed by atoms with Crippen molar-refractivity contribution in [2.45, 2.75) is 19.1 Å². The van der Waals surface area contributed by atoms with Gasteiger partial charge in [0.05, 0.1) is 16.7 Å². The predicted molar refractivity (Wildman–Crippen MR) is 131 cm³/mol. The minimum Gasteiger partial charge on any atom is -0.478 e. The van der Waals surface area contributed by atoms with E-state index in [1.807, 2.05) is 35.7 Å². The number of β-amino-alcohol motifs (C(OH)–C–C–N with tert-alkyl or cyclic N) is 1. The highest BCUT2D eigenvalue weighted by Crippen LogP contribution is 2.22. The van der Waals surface area contributed by atoms with Crippen molar-refractivity contribution in [2.24, 2.45) is 10.7 Å². The van der Waals surface area contributed by atoms with E-state index in [9.17, 15) is 24.3 Å². The zero-order valence-corrected chi connectivity index (χ0v) is 19.6. The first-order valence-electron chi connectivity index (χ1n) is 10.1. The molecule has 1 atom stereocenters. The summed E-state index contributed by atoms with van der Waals surface area (Å²) >= 11 is 1.58. The van der Waals surface area contributed by atoms with E-state index in [-0.39, 0.29) is 6.10 Å².